The summed E-state index contributed by atoms with van der Waals surface area (Å²) in [6.07, 6.45) is 1.79. The van der Waals surface area contributed by atoms with Gasteiger partial charge in [-0.05, 0) is 29.6 Å². The summed E-state index contributed by atoms with van der Waals surface area (Å²) in [7, 11) is 0. The Balaban J connectivity index is 2.22. The molecule has 0 fully saturated rings. The first-order valence-corrected chi connectivity index (χ1v) is 5.82. The van der Waals surface area contributed by atoms with Gasteiger partial charge in [0, 0.05) is 16.6 Å². The molecule has 2 heterocycles. The fourth-order valence-electron chi connectivity index (χ4n) is 1.58. The normalized spacial score (nSPS) is 10.8. The van der Waals surface area contributed by atoms with Crippen LogP contribution >= 0.6 is 11.3 Å². The van der Waals surface area contributed by atoms with Crippen molar-refractivity contribution in [1.29, 1.82) is 0 Å². The Kier molecular flexibility index (Phi) is 2.08. The third kappa shape index (κ3) is 1.53. The van der Waals surface area contributed by atoms with Crippen molar-refractivity contribution >= 4 is 28.1 Å². The Morgan fingerprint density at radius 1 is 1.12 bits per heavy atom. The van der Waals surface area contributed by atoms with Crippen molar-refractivity contribution in [3.8, 4) is 11.3 Å². The highest BCUT2D eigenvalue weighted by molar-refractivity contribution is 7.08. The maximum absolute atomic E-state index is 5.73. The highest BCUT2D eigenvalue weighted by atomic mass is 32.1. The number of anilines is 1. The first-order chi connectivity index (χ1) is 7.83. The van der Waals surface area contributed by atoms with Crippen LogP contribution in [0.15, 0.2) is 41.2 Å². The van der Waals surface area contributed by atoms with E-state index in [-0.39, 0.29) is 0 Å². The summed E-state index contributed by atoms with van der Waals surface area (Å²) in [6, 6.07) is 7.60. The van der Waals surface area contributed by atoms with Crippen LogP contribution in [0.3, 0.4) is 0 Å². The largest absolute Gasteiger partial charge is 0.399 e. The lowest BCUT2D eigenvalue weighted by atomic mass is 10.2. The number of benzene rings is 1. The number of nitrogens with zero attached hydrogens (tertiary/aromatic N) is 2. The van der Waals surface area contributed by atoms with Crippen LogP contribution in [-0.4, -0.2) is 9.97 Å². The van der Waals surface area contributed by atoms with Crippen molar-refractivity contribution in [2.24, 2.45) is 0 Å². The van der Waals surface area contributed by atoms with Crippen molar-refractivity contribution in [2.45, 2.75) is 0 Å². The zero-order chi connectivity index (χ0) is 11.0. The van der Waals surface area contributed by atoms with E-state index in [4.69, 9.17) is 5.73 Å². The van der Waals surface area contributed by atoms with Crippen LogP contribution in [-0.2, 0) is 0 Å². The Bertz CT molecular complexity index is 632. The van der Waals surface area contributed by atoms with Gasteiger partial charge in [-0.25, -0.2) is 4.98 Å². The third-order valence-corrected chi connectivity index (χ3v) is 3.07. The summed E-state index contributed by atoms with van der Waals surface area (Å²) < 4.78 is 0. The van der Waals surface area contributed by atoms with Crippen LogP contribution < -0.4 is 5.73 Å². The number of hydrogen-bond acceptors (Lipinski definition) is 4. The van der Waals surface area contributed by atoms with Gasteiger partial charge in [-0.1, -0.05) is 0 Å². The van der Waals surface area contributed by atoms with Gasteiger partial charge in [0.25, 0.3) is 0 Å². The van der Waals surface area contributed by atoms with Crippen molar-refractivity contribution in [3.63, 3.8) is 0 Å². The molecule has 3 nitrogen and oxygen atoms in total. The van der Waals surface area contributed by atoms with Crippen molar-refractivity contribution in [2.75, 3.05) is 5.73 Å². The molecule has 0 bridgehead atoms. The second-order valence-electron chi connectivity index (χ2n) is 3.52. The standard InChI is InChI=1S/C12H9N3S/c13-9-1-2-10-11(5-9)15-12(6-14-10)8-3-4-16-7-8/h1-7H,13H2. The molecule has 3 aromatic rings. The number of nitrogen functional groups attached to an aromatic ring is 1. The minimum atomic E-state index is 0.712. The first-order valence-electron chi connectivity index (χ1n) is 4.88. The Morgan fingerprint density at radius 2 is 2.06 bits per heavy atom. The highest BCUT2D eigenvalue weighted by Crippen LogP contribution is 2.22. The van der Waals surface area contributed by atoms with E-state index in [1.807, 2.05) is 29.6 Å². The number of fused-ring (bicyclic) bond motifs is 1. The van der Waals surface area contributed by atoms with E-state index in [1.165, 1.54) is 0 Å². The molecule has 1 aromatic carbocycles. The summed E-state index contributed by atoms with van der Waals surface area (Å²) in [6.45, 7) is 0. The molecule has 0 aliphatic rings. The SMILES string of the molecule is Nc1ccc2ncc(-c3ccsc3)nc2c1. The van der Waals surface area contributed by atoms with Crippen LogP contribution in [0.5, 0.6) is 0 Å². The lowest BCUT2D eigenvalue weighted by molar-refractivity contribution is 1.30. The molecule has 0 atom stereocenters. The van der Waals surface area contributed by atoms with Crippen LogP contribution in [0, 0.1) is 0 Å². The molecule has 0 saturated heterocycles. The number of thiophene rings is 1. The van der Waals surface area contributed by atoms with E-state index >= 15 is 0 Å². The zero-order valence-electron chi connectivity index (χ0n) is 8.42. The van der Waals surface area contributed by atoms with E-state index < -0.39 is 0 Å². The van der Waals surface area contributed by atoms with Gasteiger partial charge < -0.3 is 5.73 Å². The van der Waals surface area contributed by atoms with Gasteiger partial charge >= 0.3 is 0 Å². The lowest BCUT2D eigenvalue weighted by Crippen LogP contribution is -1.90. The summed E-state index contributed by atoms with van der Waals surface area (Å²) in [4.78, 5) is 8.91. The van der Waals surface area contributed by atoms with Crippen LogP contribution in [0.25, 0.3) is 22.3 Å². The van der Waals surface area contributed by atoms with Gasteiger partial charge in [0.2, 0.25) is 0 Å². The first kappa shape index (κ1) is 9.30. The van der Waals surface area contributed by atoms with Gasteiger partial charge in [0.05, 0.1) is 22.9 Å². The minimum Gasteiger partial charge on any atom is -0.399 e. The predicted octanol–water partition coefficient (Wildman–Crippen LogP) is 2.94. The van der Waals surface area contributed by atoms with E-state index in [2.05, 4.69) is 15.3 Å². The molecular formula is C12H9N3S. The summed E-state index contributed by atoms with van der Waals surface area (Å²) in [5.41, 5.74) is 10.1. The summed E-state index contributed by atoms with van der Waals surface area (Å²) in [5.74, 6) is 0. The number of nitrogens with two attached hydrogens (primary N) is 1. The number of aromatic nitrogens is 2. The second-order valence-corrected chi connectivity index (χ2v) is 4.30. The maximum atomic E-state index is 5.73. The zero-order valence-corrected chi connectivity index (χ0v) is 9.24. The second kappa shape index (κ2) is 3.57. The topological polar surface area (TPSA) is 51.8 Å². The van der Waals surface area contributed by atoms with Crippen LogP contribution in [0.4, 0.5) is 5.69 Å². The highest BCUT2D eigenvalue weighted by Gasteiger charge is 2.02. The predicted molar refractivity (Wildman–Crippen MR) is 67.3 cm³/mol. The van der Waals surface area contributed by atoms with E-state index in [1.54, 1.807) is 17.5 Å². The van der Waals surface area contributed by atoms with Crippen molar-refractivity contribution in [1.82, 2.24) is 9.97 Å². The average molecular weight is 227 g/mol. The van der Waals surface area contributed by atoms with Gasteiger partial charge in [0.1, 0.15) is 0 Å². The molecule has 4 heteroatoms. The molecule has 0 saturated carbocycles. The molecule has 2 aromatic heterocycles. The van der Waals surface area contributed by atoms with E-state index in [0.29, 0.717) is 5.69 Å². The summed E-state index contributed by atoms with van der Waals surface area (Å²) in [5, 5.41) is 4.09. The maximum Gasteiger partial charge on any atom is 0.0914 e. The average Bonchev–Trinajstić information content (AvgIpc) is 2.81. The molecule has 0 unspecified atom stereocenters. The van der Waals surface area contributed by atoms with E-state index in [0.717, 1.165) is 22.3 Å². The smallest absolute Gasteiger partial charge is 0.0914 e. The van der Waals surface area contributed by atoms with Crippen LogP contribution in [0.1, 0.15) is 0 Å². The molecule has 0 radical (unpaired) electrons. The Hall–Kier alpha value is -1.94. The monoisotopic (exact) mass is 227 g/mol. The Labute approximate surface area is 96.6 Å². The Morgan fingerprint density at radius 3 is 2.88 bits per heavy atom. The molecule has 0 amide bonds. The van der Waals surface area contributed by atoms with Crippen LogP contribution in [0.2, 0.25) is 0 Å². The molecular weight excluding hydrogens is 218 g/mol. The quantitative estimate of drug-likeness (QED) is 0.650. The molecule has 0 aliphatic heterocycles. The molecule has 2 N–H and O–H groups in total. The van der Waals surface area contributed by atoms with Gasteiger partial charge in [-0.3, -0.25) is 4.98 Å². The number of hydrogen-bond donors (Lipinski definition) is 1. The van der Waals surface area contributed by atoms with Gasteiger partial charge in [0.15, 0.2) is 0 Å². The minimum absolute atomic E-state index is 0.712. The molecule has 78 valence electrons. The third-order valence-electron chi connectivity index (χ3n) is 2.38. The fraction of sp³-hybridized carbons (Fsp3) is 0. The molecule has 0 aliphatic carbocycles. The van der Waals surface area contributed by atoms with Gasteiger partial charge in [-0.15, -0.1) is 0 Å². The summed E-state index contributed by atoms with van der Waals surface area (Å²) >= 11 is 1.65. The van der Waals surface area contributed by atoms with Crippen molar-refractivity contribution < 1.29 is 0 Å². The van der Waals surface area contributed by atoms with Crippen molar-refractivity contribution in [3.05, 3.63) is 41.2 Å². The van der Waals surface area contributed by atoms with E-state index in [9.17, 15) is 0 Å². The molecule has 16 heavy (non-hydrogen) atoms. The fourth-order valence-corrected chi connectivity index (χ4v) is 2.23. The molecule has 0 spiro atoms. The number of rotatable bonds is 1. The lowest BCUT2D eigenvalue weighted by Gasteiger charge is -2.01. The van der Waals surface area contributed by atoms with Gasteiger partial charge in [-0.2, -0.15) is 11.3 Å². The molecule has 3 rings (SSSR count).